The zero-order chi connectivity index (χ0) is 17.6. The first kappa shape index (κ1) is 17.2. The molecule has 0 bridgehead atoms. The van der Waals surface area contributed by atoms with Gasteiger partial charge in [-0.15, -0.1) is 0 Å². The van der Waals surface area contributed by atoms with Crippen molar-refractivity contribution in [3.05, 3.63) is 70.6 Å². The van der Waals surface area contributed by atoms with Crippen molar-refractivity contribution in [1.82, 2.24) is 15.5 Å². The summed E-state index contributed by atoms with van der Waals surface area (Å²) in [6, 6.07) is 15.5. The van der Waals surface area contributed by atoms with E-state index in [0.29, 0.717) is 29.6 Å². The number of halogens is 1. The molecule has 0 aliphatic rings. The highest BCUT2D eigenvalue weighted by molar-refractivity contribution is 6.31. The molecule has 0 aliphatic carbocycles. The molecule has 128 valence electrons. The Hall–Kier alpha value is -2.66. The van der Waals surface area contributed by atoms with Gasteiger partial charge in [-0.2, -0.15) is 4.98 Å². The van der Waals surface area contributed by atoms with Crippen LogP contribution in [0.3, 0.4) is 0 Å². The Balaban J connectivity index is 1.53. The highest BCUT2D eigenvalue weighted by Gasteiger charge is 2.11. The quantitative estimate of drug-likeness (QED) is 0.727. The molecule has 0 saturated heterocycles. The van der Waals surface area contributed by atoms with Gasteiger partial charge in [-0.1, -0.05) is 59.2 Å². The standard InChI is InChI=1S/C19H18ClN3O2/c1-13-7-9-15(11-16(13)20)19-22-18(25-23-19)12-21-17(24)10-8-14-5-3-2-4-6-14/h2-7,9,11H,8,10,12H2,1H3,(H,21,24). The van der Waals surface area contributed by atoms with E-state index in [4.69, 9.17) is 16.1 Å². The fraction of sp³-hybridized carbons (Fsp3) is 0.211. The SMILES string of the molecule is Cc1ccc(-c2noc(CNC(=O)CCc3ccccc3)n2)cc1Cl. The number of aromatic nitrogens is 2. The number of carbonyl (C=O) groups is 1. The topological polar surface area (TPSA) is 68.0 Å². The molecule has 1 aromatic heterocycles. The third-order valence-electron chi connectivity index (χ3n) is 3.82. The summed E-state index contributed by atoms with van der Waals surface area (Å²) in [5.74, 6) is 0.761. The van der Waals surface area contributed by atoms with Crippen LogP contribution in [0, 0.1) is 6.92 Å². The lowest BCUT2D eigenvalue weighted by Gasteiger charge is -2.02. The van der Waals surface area contributed by atoms with Crippen LogP contribution in [0.4, 0.5) is 0 Å². The fourth-order valence-corrected chi connectivity index (χ4v) is 2.52. The minimum absolute atomic E-state index is 0.0537. The lowest BCUT2D eigenvalue weighted by atomic mass is 10.1. The van der Waals surface area contributed by atoms with Gasteiger partial charge in [0, 0.05) is 17.0 Å². The van der Waals surface area contributed by atoms with Gasteiger partial charge >= 0.3 is 0 Å². The molecule has 1 N–H and O–H groups in total. The molecule has 0 radical (unpaired) electrons. The van der Waals surface area contributed by atoms with Crippen LogP contribution < -0.4 is 5.32 Å². The van der Waals surface area contributed by atoms with Crippen molar-refractivity contribution in [1.29, 1.82) is 0 Å². The average Bonchev–Trinajstić information content (AvgIpc) is 3.10. The number of aryl methyl sites for hydroxylation is 2. The van der Waals surface area contributed by atoms with Gasteiger partial charge in [-0.05, 0) is 30.5 Å². The Morgan fingerprint density at radius 3 is 2.76 bits per heavy atom. The zero-order valence-corrected chi connectivity index (χ0v) is 14.6. The second-order valence-electron chi connectivity index (χ2n) is 5.74. The molecule has 3 rings (SSSR count). The summed E-state index contributed by atoms with van der Waals surface area (Å²) >= 11 is 6.12. The van der Waals surface area contributed by atoms with Gasteiger partial charge in [0.1, 0.15) is 0 Å². The lowest BCUT2D eigenvalue weighted by Crippen LogP contribution is -2.23. The summed E-state index contributed by atoms with van der Waals surface area (Å²) in [5, 5.41) is 7.38. The van der Waals surface area contributed by atoms with Crippen molar-refractivity contribution < 1.29 is 9.32 Å². The van der Waals surface area contributed by atoms with E-state index < -0.39 is 0 Å². The number of benzene rings is 2. The van der Waals surface area contributed by atoms with E-state index in [1.165, 1.54) is 0 Å². The maximum Gasteiger partial charge on any atom is 0.246 e. The van der Waals surface area contributed by atoms with Crippen molar-refractivity contribution in [3.63, 3.8) is 0 Å². The number of amides is 1. The minimum Gasteiger partial charge on any atom is -0.347 e. The molecular weight excluding hydrogens is 338 g/mol. The van der Waals surface area contributed by atoms with Crippen molar-refractivity contribution in [2.45, 2.75) is 26.3 Å². The molecule has 5 nitrogen and oxygen atoms in total. The molecule has 0 spiro atoms. The molecule has 1 amide bonds. The predicted molar refractivity (Wildman–Crippen MR) is 96.1 cm³/mol. The summed E-state index contributed by atoms with van der Waals surface area (Å²) in [4.78, 5) is 16.2. The first-order valence-electron chi connectivity index (χ1n) is 8.01. The number of rotatable bonds is 6. The average molecular weight is 356 g/mol. The molecular formula is C19H18ClN3O2. The van der Waals surface area contributed by atoms with Gasteiger partial charge in [0.05, 0.1) is 6.54 Å². The maximum atomic E-state index is 11.9. The van der Waals surface area contributed by atoms with Crippen LogP contribution in [0.5, 0.6) is 0 Å². The molecule has 1 heterocycles. The van der Waals surface area contributed by atoms with Crippen molar-refractivity contribution in [3.8, 4) is 11.4 Å². The minimum atomic E-state index is -0.0537. The Kier molecular flexibility index (Phi) is 5.46. The third kappa shape index (κ3) is 4.67. The predicted octanol–water partition coefficient (Wildman–Crippen LogP) is 3.95. The van der Waals surface area contributed by atoms with Crippen LogP contribution in [0.25, 0.3) is 11.4 Å². The van der Waals surface area contributed by atoms with E-state index >= 15 is 0 Å². The summed E-state index contributed by atoms with van der Waals surface area (Å²) < 4.78 is 5.18. The Morgan fingerprint density at radius 1 is 1.20 bits per heavy atom. The lowest BCUT2D eigenvalue weighted by molar-refractivity contribution is -0.121. The fourth-order valence-electron chi connectivity index (χ4n) is 2.34. The maximum absolute atomic E-state index is 11.9. The Morgan fingerprint density at radius 2 is 2.00 bits per heavy atom. The monoisotopic (exact) mass is 355 g/mol. The van der Waals surface area contributed by atoms with E-state index in [-0.39, 0.29) is 12.5 Å². The zero-order valence-electron chi connectivity index (χ0n) is 13.8. The van der Waals surface area contributed by atoms with Crippen molar-refractivity contribution in [2.75, 3.05) is 0 Å². The van der Waals surface area contributed by atoms with Crippen LogP contribution in [-0.4, -0.2) is 16.0 Å². The molecule has 0 fully saturated rings. The molecule has 0 atom stereocenters. The van der Waals surface area contributed by atoms with Gasteiger partial charge in [-0.3, -0.25) is 4.79 Å². The number of hydrogen-bond acceptors (Lipinski definition) is 4. The van der Waals surface area contributed by atoms with E-state index in [9.17, 15) is 4.79 Å². The number of nitrogens with one attached hydrogen (secondary N) is 1. The van der Waals surface area contributed by atoms with Crippen molar-refractivity contribution >= 4 is 17.5 Å². The second-order valence-corrected chi connectivity index (χ2v) is 6.15. The van der Waals surface area contributed by atoms with Crippen LogP contribution in [0.2, 0.25) is 5.02 Å². The molecule has 0 saturated carbocycles. The van der Waals surface area contributed by atoms with Gasteiger partial charge in [-0.25, -0.2) is 0 Å². The highest BCUT2D eigenvalue weighted by Crippen LogP contribution is 2.23. The third-order valence-corrected chi connectivity index (χ3v) is 4.23. The van der Waals surface area contributed by atoms with Crippen LogP contribution >= 0.6 is 11.6 Å². The molecule has 3 aromatic rings. The Labute approximate surface area is 151 Å². The van der Waals surface area contributed by atoms with Crippen LogP contribution in [0.1, 0.15) is 23.4 Å². The molecule has 25 heavy (non-hydrogen) atoms. The van der Waals surface area contributed by atoms with Gasteiger partial charge in [0.2, 0.25) is 17.6 Å². The summed E-state index contributed by atoms with van der Waals surface area (Å²) in [5.41, 5.74) is 2.90. The molecule has 0 unspecified atom stereocenters. The first-order valence-corrected chi connectivity index (χ1v) is 8.39. The first-order chi connectivity index (χ1) is 12.1. The van der Waals surface area contributed by atoms with Crippen LogP contribution in [-0.2, 0) is 17.8 Å². The molecule has 0 aliphatic heterocycles. The molecule has 2 aromatic carbocycles. The van der Waals surface area contributed by atoms with E-state index in [1.807, 2.05) is 49.4 Å². The van der Waals surface area contributed by atoms with E-state index in [2.05, 4.69) is 15.5 Å². The number of hydrogen-bond donors (Lipinski definition) is 1. The largest absolute Gasteiger partial charge is 0.347 e. The highest BCUT2D eigenvalue weighted by atomic mass is 35.5. The summed E-state index contributed by atoms with van der Waals surface area (Å²) in [6.45, 7) is 2.14. The summed E-state index contributed by atoms with van der Waals surface area (Å²) in [6.07, 6.45) is 1.11. The normalized spacial score (nSPS) is 10.6. The van der Waals surface area contributed by atoms with Crippen molar-refractivity contribution in [2.24, 2.45) is 0 Å². The van der Waals surface area contributed by atoms with Gasteiger partial charge in [0.15, 0.2) is 0 Å². The van der Waals surface area contributed by atoms with Crippen LogP contribution in [0.15, 0.2) is 53.1 Å². The van der Waals surface area contributed by atoms with Gasteiger partial charge in [0.25, 0.3) is 0 Å². The number of nitrogens with zero attached hydrogens (tertiary/aromatic N) is 2. The molecule has 6 heteroatoms. The van der Waals surface area contributed by atoms with E-state index in [0.717, 1.165) is 16.7 Å². The smallest absolute Gasteiger partial charge is 0.246 e. The Bertz CT molecular complexity index is 862. The second kappa shape index (κ2) is 7.94. The van der Waals surface area contributed by atoms with Gasteiger partial charge < -0.3 is 9.84 Å². The number of carbonyl (C=O) groups excluding carboxylic acids is 1. The summed E-state index contributed by atoms with van der Waals surface area (Å²) in [7, 11) is 0. The van der Waals surface area contributed by atoms with E-state index in [1.54, 1.807) is 6.07 Å².